The summed E-state index contributed by atoms with van der Waals surface area (Å²) in [5.41, 5.74) is 3.74. The number of aromatic nitrogens is 1. The molecule has 0 aliphatic heterocycles. The maximum Gasteiger partial charge on any atom is 0.133 e. The number of nitrogens with zero attached hydrogens (tertiary/aromatic N) is 2. The summed E-state index contributed by atoms with van der Waals surface area (Å²) < 4.78 is 0. The summed E-state index contributed by atoms with van der Waals surface area (Å²) in [5, 5.41) is 3.44. The molecule has 0 aliphatic carbocycles. The van der Waals surface area contributed by atoms with Crippen molar-refractivity contribution in [3.63, 3.8) is 0 Å². The monoisotopic (exact) mass is 283 g/mol. The van der Waals surface area contributed by atoms with Crippen LogP contribution in [0, 0.1) is 6.92 Å². The summed E-state index contributed by atoms with van der Waals surface area (Å²) in [6.07, 6.45) is 3.05. The Balaban J connectivity index is 2.17. The normalized spacial score (nSPS) is 10.6. The molecule has 0 spiro atoms. The maximum absolute atomic E-state index is 4.54. The molecule has 0 aliphatic rings. The van der Waals surface area contributed by atoms with E-state index in [1.807, 2.05) is 6.20 Å². The summed E-state index contributed by atoms with van der Waals surface area (Å²) >= 11 is 0. The first-order chi connectivity index (χ1) is 10.2. The summed E-state index contributed by atoms with van der Waals surface area (Å²) in [5.74, 6) is 1.01. The Kier molecular flexibility index (Phi) is 5.76. The fourth-order valence-corrected chi connectivity index (χ4v) is 2.33. The SMILES string of the molecule is CCCNCc1ccnc(N(CC)c2ccc(C)cc2)c1. The number of pyridine rings is 1. The molecule has 3 nitrogen and oxygen atoms in total. The van der Waals surface area contributed by atoms with Crippen molar-refractivity contribution < 1.29 is 0 Å². The molecule has 3 heteroatoms. The minimum Gasteiger partial charge on any atom is -0.327 e. The first-order valence-corrected chi connectivity index (χ1v) is 7.74. The van der Waals surface area contributed by atoms with Gasteiger partial charge in [-0.2, -0.15) is 0 Å². The smallest absolute Gasteiger partial charge is 0.133 e. The zero-order valence-electron chi connectivity index (χ0n) is 13.3. The lowest BCUT2D eigenvalue weighted by molar-refractivity contribution is 0.675. The average molecular weight is 283 g/mol. The third-order valence-corrected chi connectivity index (χ3v) is 3.50. The lowest BCUT2D eigenvalue weighted by Crippen LogP contribution is -2.18. The van der Waals surface area contributed by atoms with E-state index in [0.717, 1.165) is 31.9 Å². The van der Waals surface area contributed by atoms with Gasteiger partial charge in [-0.3, -0.25) is 0 Å². The molecule has 1 N–H and O–H groups in total. The van der Waals surface area contributed by atoms with Gasteiger partial charge in [-0.15, -0.1) is 0 Å². The van der Waals surface area contributed by atoms with Crippen LogP contribution < -0.4 is 10.2 Å². The van der Waals surface area contributed by atoms with Gasteiger partial charge in [-0.25, -0.2) is 4.98 Å². The highest BCUT2D eigenvalue weighted by Gasteiger charge is 2.08. The summed E-state index contributed by atoms with van der Waals surface area (Å²) in [7, 11) is 0. The van der Waals surface area contributed by atoms with Crippen LogP contribution in [0.1, 0.15) is 31.4 Å². The molecule has 0 bridgehead atoms. The molecule has 0 saturated carbocycles. The first-order valence-electron chi connectivity index (χ1n) is 7.74. The predicted molar refractivity (Wildman–Crippen MR) is 90.1 cm³/mol. The Bertz CT molecular complexity index is 549. The van der Waals surface area contributed by atoms with Gasteiger partial charge in [-0.1, -0.05) is 24.6 Å². The van der Waals surface area contributed by atoms with Gasteiger partial charge in [0.1, 0.15) is 5.82 Å². The molecule has 1 heterocycles. The van der Waals surface area contributed by atoms with Crippen molar-refractivity contribution in [2.75, 3.05) is 18.0 Å². The highest BCUT2D eigenvalue weighted by atomic mass is 15.2. The summed E-state index contributed by atoms with van der Waals surface area (Å²) in [6.45, 7) is 9.30. The van der Waals surface area contributed by atoms with E-state index in [9.17, 15) is 0 Å². The van der Waals surface area contributed by atoms with Crippen molar-refractivity contribution >= 4 is 11.5 Å². The van der Waals surface area contributed by atoms with Gasteiger partial charge in [0.05, 0.1) is 0 Å². The molecular weight excluding hydrogens is 258 g/mol. The molecule has 21 heavy (non-hydrogen) atoms. The van der Waals surface area contributed by atoms with Crippen molar-refractivity contribution in [3.8, 4) is 0 Å². The van der Waals surface area contributed by atoms with Gasteiger partial charge in [0.2, 0.25) is 0 Å². The molecule has 0 fully saturated rings. The molecule has 0 saturated heterocycles. The van der Waals surface area contributed by atoms with Crippen molar-refractivity contribution in [2.24, 2.45) is 0 Å². The Hall–Kier alpha value is -1.87. The second-order valence-electron chi connectivity index (χ2n) is 5.28. The van der Waals surface area contributed by atoms with Crippen LogP contribution in [0.2, 0.25) is 0 Å². The summed E-state index contributed by atoms with van der Waals surface area (Å²) in [6, 6.07) is 12.8. The number of hydrogen-bond donors (Lipinski definition) is 1. The quantitative estimate of drug-likeness (QED) is 0.777. The van der Waals surface area contributed by atoms with Gasteiger partial charge in [0.25, 0.3) is 0 Å². The van der Waals surface area contributed by atoms with E-state index in [1.54, 1.807) is 0 Å². The highest BCUT2D eigenvalue weighted by molar-refractivity contribution is 5.60. The van der Waals surface area contributed by atoms with Crippen molar-refractivity contribution in [1.29, 1.82) is 0 Å². The molecule has 112 valence electrons. The number of hydrogen-bond acceptors (Lipinski definition) is 3. The molecule has 0 unspecified atom stereocenters. The van der Waals surface area contributed by atoms with Crippen LogP contribution in [0.25, 0.3) is 0 Å². The Morgan fingerprint density at radius 1 is 1.10 bits per heavy atom. The molecule has 2 aromatic rings. The van der Waals surface area contributed by atoms with Crippen LogP contribution in [-0.2, 0) is 6.54 Å². The van der Waals surface area contributed by atoms with Crippen LogP contribution in [0.4, 0.5) is 11.5 Å². The number of rotatable bonds is 7. The highest BCUT2D eigenvalue weighted by Crippen LogP contribution is 2.24. The first kappa shape index (κ1) is 15.5. The Labute approximate surface area is 128 Å². The third kappa shape index (κ3) is 4.30. The predicted octanol–water partition coefficient (Wildman–Crippen LogP) is 4.05. The Morgan fingerprint density at radius 3 is 2.52 bits per heavy atom. The molecule has 1 aromatic carbocycles. The van der Waals surface area contributed by atoms with E-state index < -0.39 is 0 Å². The van der Waals surface area contributed by atoms with Crippen LogP contribution in [-0.4, -0.2) is 18.1 Å². The van der Waals surface area contributed by atoms with Gasteiger partial charge >= 0.3 is 0 Å². The van der Waals surface area contributed by atoms with Crippen molar-refractivity contribution in [1.82, 2.24) is 10.3 Å². The van der Waals surface area contributed by atoms with E-state index in [4.69, 9.17) is 0 Å². The largest absolute Gasteiger partial charge is 0.327 e. The van der Waals surface area contributed by atoms with Crippen LogP contribution in [0.3, 0.4) is 0 Å². The fraction of sp³-hybridized carbons (Fsp3) is 0.389. The fourth-order valence-electron chi connectivity index (χ4n) is 2.33. The molecular formula is C18H25N3. The zero-order chi connectivity index (χ0) is 15.1. The van der Waals surface area contributed by atoms with E-state index in [1.165, 1.54) is 16.8 Å². The molecule has 2 rings (SSSR count). The zero-order valence-corrected chi connectivity index (χ0v) is 13.3. The minimum absolute atomic E-state index is 0.898. The number of nitrogens with one attached hydrogen (secondary N) is 1. The number of anilines is 2. The minimum atomic E-state index is 0.898. The Morgan fingerprint density at radius 2 is 1.86 bits per heavy atom. The van der Waals surface area contributed by atoms with Gasteiger partial charge in [-0.05, 0) is 56.6 Å². The standard InChI is InChI=1S/C18H25N3/c1-4-11-19-14-16-10-12-20-18(13-16)21(5-2)17-8-6-15(3)7-9-17/h6-10,12-13,19H,4-5,11,14H2,1-3H3. The topological polar surface area (TPSA) is 28.2 Å². The molecule has 0 radical (unpaired) electrons. The van der Waals surface area contributed by atoms with Crippen LogP contribution in [0.5, 0.6) is 0 Å². The lowest BCUT2D eigenvalue weighted by Gasteiger charge is -2.22. The molecule has 1 aromatic heterocycles. The number of aryl methyl sites for hydroxylation is 1. The van der Waals surface area contributed by atoms with Crippen LogP contribution >= 0.6 is 0 Å². The van der Waals surface area contributed by atoms with E-state index in [0.29, 0.717) is 0 Å². The van der Waals surface area contributed by atoms with Crippen LogP contribution in [0.15, 0.2) is 42.6 Å². The second kappa shape index (κ2) is 7.79. The van der Waals surface area contributed by atoms with Crippen molar-refractivity contribution in [2.45, 2.75) is 33.7 Å². The average Bonchev–Trinajstić information content (AvgIpc) is 2.51. The maximum atomic E-state index is 4.54. The van der Waals surface area contributed by atoms with E-state index in [2.05, 4.69) is 72.4 Å². The van der Waals surface area contributed by atoms with Crippen molar-refractivity contribution in [3.05, 3.63) is 53.7 Å². The van der Waals surface area contributed by atoms with Gasteiger partial charge in [0, 0.05) is 25.0 Å². The van der Waals surface area contributed by atoms with Gasteiger partial charge in [0.15, 0.2) is 0 Å². The number of benzene rings is 1. The third-order valence-electron chi connectivity index (χ3n) is 3.50. The lowest BCUT2D eigenvalue weighted by atomic mass is 10.2. The summed E-state index contributed by atoms with van der Waals surface area (Å²) in [4.78, 5) is 6.77. The molecule has 0 amide bonds. The van der Waals surface area contributed by atoms with E-state index >= 15 is 0 Å². The van der Waals surface area contributed by atoms with Gasteiger partial charge < -0.3 is 10.2 Å². The second-order valence-corrected chi connectivity index (χ2v) is 5.28. The van der Waals surface area contributed by atoms with E-state index in [-0.39, 0.29) is 0 Å². The molecule has 0 atom stereocenters.